The molecule has 1 atom stereocenters. The number of hydrogen-bond donors (Lipinski definition) is 2. The van der Waals surface area contributed by atoms with Gasteiger partial charge in [0.2, 0.25) is 5.91 Å². The maximum atomic E-state index is 12.9. The summed E-state index contributed by atoms with van der Waals surface area (Å²) in [4.78, 5) is 29.0. The third-order valence-electron chi connectivity index (χ3n) is 6.47. The molecular formula is C24H28N4O5. The van der Waals surface area contributed by atoms with Crippen LogP contribution in [0.15, 0.2) is 42.6 Å². The second-order valence-corrected chi connectivity index (χ2v) is 8.27. The number of non-ortho nitro benzene ring substituents is 1. The molecule has 2 heterocycles. The van der Waals surface area contributed by atoms with Gasteiger partial charge in [-0.3, -0.25) is 19.8 Å². The summed E-state index contributed by atoms with van der Waals surface area (Å²) in [6, 6.07) is 9.82. The summed E-state index contributed by atoms with van der Waals surface area (Å²) in [7, 11) is 3.13. The number of H-pyrrole nitrogens is 1. The molecule has 1 unspecified atom stereocenters. The molecule has 0 radical (unpaired) electrons. The molecule has 0 aliphatic carbocycles. The number of nitrogens with zero attached hydrogens (tertiary/aromatic N) is 2. The zero-order valence-corrected chi connectivity index (χ0v) is 19.0. The number of carbonyl (C=O) groups excluding carboxylic acids is 1. The average molecular weight is 453 g/mol. The SMILES string of the molecule is COc1ccc2[nH]cc(C3CCN(C(C)C(=O)Nc4cc([N+](=O)[O-])ccc4OC)CC3)c2c1. The molecule has 1 fully saturated rings. The van der Waals surface area contributed by atoms with Crippen molar-refractivity contribution in [2.24, 2.45) is 0 Å². The van der Waals surface area contributed by atoms with Crippen LogP contribution in [0.1, 0.15) is 31.2 Å². The van der Waals surface area contributed by atoms with Gasteiger partial charge in [0.05, 0.1) is 30.9 Å². The molecule has 1 aromatic heterocycles. The van der Waals surface area contributed by atoms with E-state index < -0.39 is 4.92 Å². The van der Waals surface area contributed by atoms with Crippen molar-refractivity contribution < 1.29 is 19.2 Å². The summed E-state index contributed by atoms with van der Waals surface area (Å²) in [5.41, 5.74) is 2.56. The lowest BCUT2D eigenvalue weighted by Gasteiger charge is -2.35. The predicted octanol–water partition coefficient (Wildman–Crippen LogP) is 4.30. The van der Waals surface area contributed by atoms with Gasteiger partial charge in [-0.2, -0.15) is 0 Å². The van der Waals surface area contributed by atoms with Crippen molar-refractivity contribution in [3.8, 4) is 11.5 Å². The molecule has 9 nitrogen and oxygen atoms in total. The van der Waals surface area contributed by atoms with Crippen LogP contribution in [0, 0.1) is 10.1 Å². The van der Waals surface area contributed by atoms with Crippen LogP contribution in [0.25, 0.3) is 10.9 Å². The molecule has 0 saturated carbocycles. The van der Waals surface area contributed by atoms with Crippen molar-refractivity contribution >= 4 is 28.2 Å². The van der Waals surface area contributed by atoms with Crippen molar-refractivity contribution in [3.63, 3.8) is 0 Å². The number of methoxy groups -OCH3 is 2. The number of nitro benzene ring substituents is 1. The minimum atomic E-state index is -0.496. The van der Waals surface area contributed by atoms with Crippen molar-refractivity contribution in [2.45, 2.75) is 31.7 Å². The first-order valence-corrected chi connectivity index (χ1v) is 10.9. The van der Waals surface area contributed by atoms with Crippen LogP contribution in [0.4, 0.5) is 11.4 Å². The minimum Gasteiger partial charge on any atom is -0.497 e. The lowest BCUT2D eigenvalue weighted by atomic mass is 9.88. The van der Waals surface area contributed by atoms with E-state index in [2.05, 4.69) is 27.5 Å². The number of hydrogen-bond acceptors (Lipinski definition) is 6. The Labute approximate surface area is 191 Å². The van der Waals surface area contributed by atoms with E-state index in [-0.39, 0.29) is 17.6 Å². The van der Waals surface area contributed by atoms with Crippen molar-refractivity contribution in [1.82, 2.24) is 9.88 Å². The molecule has 1 aliphatic rings. The highest BCUT2D eigenvalue weighted by molar-refractivity contribution is 5.96. The number of rotatable bonds is 7. The number of amides is 1. The van der Waals surface area contributed by atoms with Gasteiger partial charge >= 0.3 is 0 Å². The van der Waals surface area contributed by atoms with E-state index >= 15 is 0 Å². The zero-order chi connectivity index (χ0) is 23.5. The summed E-state index contributed by atoms with van der Waals surface area (Å²) in [6.45, 7) is 3.42. The fourth-order valence-corrected chi connectivity index (χ4v) is 4.49. The van der Waals surface area contributed by atoms with Crippen LogP contribution >= 0.6 is 0 Å². The lowest BCUT2D eigenvalue weighted by molar-refractivity contribution is -0.384. The zero-order valence-electron chi connectivity index (χ0n) is 19.0. The maximum absolute atomic E-state index is 12.9. The second kappa shape index (κ2) is 9.50. The van der Waals surface area contributed by atoms with Crippen LogP contribution in [0.3, 0.4) is 0 Å². The molecule has 4 rings (SSSR count). The van der Waals surface area contributed by atoms with E-state index in [1.54, 1.807) is 7.11 Å². The van der Waals surface area contributed by atoms with E-state index in [0.29, 0.717) is 17.4 Å². The van der Waals surface area contributed by atoms with Gasteiger partial charge in [-0.1, -0.05) is 0 Å². The van der Waals surface area contributed by atoms with Crippen molar-refractivity contribution in [2.75, 3.05) is 32.6 Å². The number of nitrogens with one attached hydrogen (secondary N) is 2. The number of carbonyl (C=O) groups is 1. The standard InChI is InChI=1S/C24H28N4O5/c1-15(24(29)26-22-12-17(28(30)31)4-7-23(22)33-3)27-10-8-16(9-11-27)20-14-25-21-6-5-18(32-2)13-19(20)21/h4-7,12-16,25H,8-11H2,1-3H3,(H,26,29). The van der Waals surface area contributed by atoms with Crippen LogP contribution in [-0.2, 0) is 4.79 Å². The topological polar surface area (TPSA) is 110 Å². The van der Waals surface area contributed by atoms with Crippen LogP contribution in [0.5, 0.6) is 11.5 Å². The highest BCUT2D eigenvalue weighted by Gasteiger charge is 2.29. The largest absolute Gasteiger partial charge is 0.497 e. The van der Waals surface area contributed by atoms with Gasteiger partial charge in [0.15, 0.2) is 0 Å². The summed E-state index contributed by atoms with van der Waals surface area (Å²) in [5.74, 6) is 1.40. The number of piperidine rings is 1. The molecule has 1 aliphatic heterocycles. The Hall–Kier alpha value is -3.59. The van der Waals surface area contributed by atoms with E-state index in [9.17, 15) is 14.9 Å². The normalized spacial score (nSPS) is 15.8. The number of ether oxygens (including phenoxy) is 2. The monoisotopic (exact) mass is 452 g/mol. The van der Waals surface area contributed by atoms with Crippen LogP contribution in [-0.4, -0.2) is 54.1 Å². The van der Waals surface area contributed by atoms with Crippen LogP contribution in [0.2, 0.25) is 0 Å². The molecule has 33 heavy (non-hydrogen) atoms. The van der Waals surface area contributed by atoms with E-state index in [1.165, 1.54) is 36.3 Å². The average Bonchev–Trinajstić information content (AvgIpc) is 3.26. The fraction of sp³-hybridized carbons (Fsp3) is 0.375. The Morgan fingerprint density at radius 1 is 1.18 bits per heavy atom. The highest BCUT2D eigenvalue weighted by atomic mass is 16.6. The molecule has 174 valence electrons. The van der Waals surface area contributed by atoms with Gasteiger partial charge in [-0.25, -0.2) is 0 Å². The third kappa shape index (κ3) is 4.63. The first kappa shape index (κ1) is 22.6. The molecular weight excluding hydrogens is 424 g/mol. The number of nitro groups is 1. The van der Waals surface area contributed by atoms with Crippen molar-refractivity contribution in [1.29, 1.82) is 0 Å². The van der Waals surface area contributed by atoms with Crippen LogP contribution < -0.4 is 14.8 Å². The maximum Gasteiger partial charge on any atom is 0.271 e. The molecule has 0 spiro atoms. The van der Waals surface area contributed by atoms with E-state index in [4.69, 9.17) is 9.47 Å². The van der Waals surface area contributed by atoms with E-state index in [0.717, 1.165) is 37.2 Å². The Balaban J connectivity index is 1.42. The summed E-state index contributed by atoms with van der Waals surface area (Å²) < 4.78 is 10.6. The Morgan fingerprint density at radius 2 is 1.94 bits per heavy atom. The Kier molecular flexibility index (Phi) is 6.50. The first-order valence-electron chi connectivity index (χ1n) is 10.9. The Bertz CT molecular complexity index is 1170. The first-order chi connectivity index (χ1) is 15.9. The molecule has 0 bridgehead atoms. The minimum absolute atomic E-state index is 0.102. The number of likely N-dealkylation sites (tertiary alicyclic amines) is 1. The smallest absolute Gasteiger partial charge is 0.271 e. The molecule has 1 saturated heterocycles. The summed E-state index contributed by atoms with van der Waals surface area (Å²) in [6.07, 6.45) is 3.94. The van der Waals surface area contributed by atoms with Gasteiger partial charge in [0.25, 0.3) is 5.69 Å². The lowest BCUT2D eigenvalue weighted by Crippen LogP contribution is -2.45. The molecule has 2 N–H and O–H groups in total. The van der Waals surface area contributed by atoms with Gasteiger partial charge < -0.3 is 19.8 Å². The Morgan fingerprint density at radius 3 is 2.61 bits per heavy atom. The molecule has 2 aromatic carbocycles. The van der Waals surface area contributed by atoms with Gasteiger partial charge in [0.1, 0.15) is 11.5 Å². The number of aromatic amines is 1. The highest BCUT2D eigenvalue weighted by Crippen LogP contribution is 2.35. The van der Waals surface area contributed by atoms with Gasteiger partial charge in [0, 0.05) is 29.2 Å². The second-order valence-electron chi connectivity index (χ2n) is 8.27. The number of fused-ring (bicyclic) bond motifs is 1. The number of aromatic nitrogens is 1. The molecule has 1 amide bonds. The summed E-state index contributed by atoms with van der Waals surface area (Å²) >= 11 is 0. The summed E-state index contributed by atoms with van der Waals surface area (Å²) in [5, 5.41) is 15.1. The number of benzene rings is 2. The van der Waals surface area contributed by atoms with Gasteiger partial charge in [-0.15, -0.1) is 0 Å². The third-order valence-corrected chi connectivity index (χ3v) is 6.47. The molecule has 9 heteroatoms. The number of anilines is 1. The molecule has 3 aromatic rings. The van der Waals surface area contributed by atoms with Crippen molar-refractivity contribution in [3.05, 3.63) is 58.3 Å². The van der Waals surface area contributed by atoms with E-state index in [1.807, 2.05) is 19.1 Å². The quantitative estimate of drug-likeness (QED) is 0.409. The fourth-order valence-electron chi connectivity index (χ4n) is 4.49. The van der Waals surface area contributed by atoms with Gasteiger partial charge in [-0.05, 0) is 68.6 Å². The predicted molar refractivity (Wildman–Crippen MR) is 126 cm³/mol.